The van der Waals surface area contributed by atoms with E-state index in [4.69, 9.17) is 0 Å². The van der Waals surface area contributed by atoms with Gasteiger partial charge >= 0.3 is 18.0 Å². The summed E-state index contributed by atoms with van der Waals surface area (Å²) in [6, 6.07) is 6.09. The first-order valence-corrected chi connectivity index (χ1v) is 11.6. The second kappa shape index (κ2) is 8.61. The van der Waals surface area contributed by atoms with E-state index < -0.39 is 34.9 Å². The zero-order valence-corrected chi connectivity index (χ0v) is 19.7. The molecule has 37 heavy (non-hydrogen) atoms. The van der Waals surface area contributed by atoms with Crippen LogP contribution < -0.4 is 11.2 Å². The van der Waals surface area contributed by atoms with Crippen molar-refractivity contribution in [2.45, 2.75) is 37.2 Å². The molecule has 13 heteroatoms. The summed E-state index contributed by atoms with van der Waals surface area (Å²) in [6.07, 6.45) is -6.37. The Balaban J connectivity index is 1.24. The lowest BCUT2D eigenvalue weighted by atomic mass is 9.94. The molecule has 198 valence electrons. The number of benzene rings is 1. The number of halogens is 6. The van der Waals surface area contributed by atoms with Gasteiger partial charge in [0.1, 0.15) is 0 Å². The Morgan fingerprint density at radius 3 is 2.38 bits per heavy atom. The molecule has 2 atom stereocenters. The van der Waals surface area contributed by atoms with Crippen LogP contribution in [-0.2, 0) is 31.4 Å². The van der Waals surface area contributed by atoms with E-state index in [1.54, 1.807) is 12.1 Å². The highest BCUT2D eigenvalue weighted by Crippen LogP contribution is 2.59. The van der Waals surface area contributed by atoms with E-state index in [0.29, 0.717) is 25.4 Å². The van der Waals surface area contributed by atoms with Crippen molar-refractivity contribution in [2.24, 2.45) is 13.0 Å². The molecule has 2 fully saturated rings. The largest absolute Gasteiger partial charge is 0.435 e. The number of hydrogen-bond donors (Lipinski definition) is 1. The maximum Gasteiger partial charge on any atom is 0.435 e. The number of likely N-dealkylation sites (tertiary alicyclic amines) is 1. The van der Waals surface area contributed by atoms with Gasteiger partial charge in [-0.15, -0.1) is 0 Å². The summed E-state index contributed by atoms with van der Waals surface area (Å²) in [5.74, 6) is 0.360. The number of alkyl halides is 6. The fourth-order valence-electron chi connectivity index (χ4n) is 5.38. The monoisotopic (exact) mass is 527 g/mol. The number of piperidine rings is 1. The van der Waals surface area contributed by atoms with Crippen LogP contribution in [0.2, 0.25) is 0 Å². The van der Waals surface area contributed by atoms with E-state index >= 15 is 0 Å². The third-order valence-corrected chi connectivity index (χ3v) is 7.33. The molecule has 0 bridgehead atoms. The Labute approximate surface area is 206 Å². The number of nitrogens with one attached hydrogen (secondary N) is 1. The predicted molar refractivity (Wildman–Crippen MR) is 121 cm³/mol. The minimum Gasteiger partial charge on any atom is -0.302 e. The fraction of sp³-hybridized carbons (Fsp3) is 0.458. The first-order valence-electron chi connectivity index (χ1n) is 11.6. The second-order valence-corrected chi connectivity index (χ2v) is 9.75. The Morgan fingerprint density at radius 2 is 1.76 bits per heavy atom. The van der Waals surface area contributed by atoms with Gasteiger partial charge in [0.2, 0.25) is 0 Å². The van der Waals surface area contributed by atoms with Crippen LogP contribution in [0.15, 0.2) is 46.1 Å². The quantitative estimate of drug-likeness (QED) is 0.497. The molecule has 2 aromatic heterocycles. The molecule has 0 radical (unpaired) electrons. The molecule has 1 saturated heterocycles. The topological polar surface area (TPSA) is 75.9 Å². The number of fused-ring (bicyclic) bond motifs is 1. The van der Waals surface area contributed by atoms with E-state index in [0.717, 1.165) is 41.4 Å². The van der Waals surface area contributed by atoms with Crippen LogP contribution in [0.3, 0.4) is 0 Å². The van der Waals surface area contributed by atoms with Gasteiger partial charge in [-0.05, 0) is 49.1 Å². The van der Waals surface area contributed by atoms with Gasteiger partial charge in [0.05, 0.1) is 16.8 Å². The number of hydrogen-bond acceptors (Lipinski definition) is 4. The molecule has 1 aromatic carbocycles. The number of nitrogens with zero attached hydrogens (tertiary/aromatic N) is 4. The van der Waals surface area contributed by atoms with Crippen molar-refractivity contribution in [3.8, 4) is 11.3 Å². The SMILES string of the molecule is Cn1nc(C(F)(F)F)cc1-c1cn(CCCN2CC3C[C@]3(c3ccc(C(F)(F)F)cc3)C2)c(=O)[nH]c1=O. The normalized spacial score (nSPS) is 21.9. The van der Waals surface area contributed by atoms with Crippen LogP contribution in [0.25, 0.3) is 11.3 Å². The van der Waals surface area contributed by atoms with Crippen molar-refractivity contribution in [2.75, 3.05) is 19.6 Å². The van der Waals surface area contributed by atoms with Crippen molar-refractivity contribution in [1.82, 2.24) is 24.2 Å². The Kier molecular flexibility index (Phi) is 5.89. The number of rotatable bonds is 6. The Bertz CT molecular complexity index is 1440. The van der Waals surface area contributed by atoms with Gasteiger partial charge in [0.15, 0.2) is 5.69 Å². The number of aromatic amines is 1. The second-order valence-electron chi connectivity index (χ2n) is 9.75. The predicted octanol–water partition coefficient (Wildman–Crippen LogP) is 3.64. The van der Waals surface area contributed by atoms with Crippen LogP contribution in [0.5, 0.6) is 0 Å². The van der Waals surface area contributed by atoms with E-state index in [1.165, 1.54) is 17.8 Å². The lowest BCUT2D eigenvalue weighted by Crippen LogP contribution is -2.32. The zero-order chi connectivity index (χ0) is 26.8. The van der Waals surface area contributed by atoms with Crippen molar-refractivity contribution >= 4 is 0 Å². The molecular formula is C24H23F6N5O2. The summed E-state index contributed by atoms with van der Waals surface area (Å²) in [5, 5.41) is 3.41. The van der Waals surface area contributed by atoms with Crippen molar-refractivity contribution < 1.29 is 26.3 Å². The van der Waals surface area contributed by atoms with Gasteiger partial charge in [-0.3, -0.25) is 19.0 Å². The third-order valence-electron chi connectivity index (χ3n) is 7.33. The maximum atomic E-state index is 13.0. The van der Waals surface area contributed by atoms with Gasteiger partial charge in [0.25, 0.3) is 5.56 Å². The molecule has 3 aromatic rings. The molecule has 1 saturated carbocycles. The maximum absolute atomic E-state index is 13.0. The van der Waals surface area contributed by atoms with Gasteiger partial charge in [-0.25, -0.2) is 4.79 Å². The highest BCUT2D eigenvalue weighted by atomic mass is 19.4. The van der Waals surface area contributed by atoms with Crippen LogP contribution in [0.4, 0.5) is 26.3 Å². The van der Waals surface area contributed by atoms with E-state index in [1.807, 2.05) is 0 Å². The molecule has 1 aliphatic heterocycles. The highest BCUT2D eigenvalue weighted by Gasteiger charge is 2.60. The Morgan fingerprint density at radius 1 is 1.05 bits per heavy atom. The summed E-state index contributed by atoms with van der Waals surface area (Å²) < 4.78 is 79.9. The first-order chi connectivity index (χ1) is 17.3. The lowest BCUT2D eigenvalue weighted by Gasteiger charge is -2.21. The minimum absolute atomic E-state index is 0.0690. The summed E-state index contributed by atoms with van der Waals surface area (Å²) in [4.78, 5) is 29.0. The molecule has 2 aliphatic rings. The highest BCUT2D eigenvalue weighted by molar-refractivity contribution is 5.57. The number of H-pyrrole nitrogens is 1. The number of aromatic nitrogens is 4. The summed E-state index contributed by atoms with van der Waals surface area (Å²) in [6.45, 7) is 2.33. The van der Waals surface area contributed by atoms with Crippen LogP contribution >= 0.6 is 0 Å². The lowest BCUT2D eigenvalue weighted by molar-refractivity contribution is -0.141. The molecule has 0 spiro atoms. The van der Waals surface area contributed by atoms with E-state index in [2.05, 4.69) is 15.0 Å². The van der Waals surface area contributed by atoms with Crippen molar-refractivity contribution in [3.63, 3.8) is 0 Å². The minimum atomic E-state index is -4.68. The molecule has 3 heterocycles. The molecular weight excluding hydrogens is 504 g/mol. The fourth-order valence-corrected chi connectivity index (χ4v) is 5.38. The van der Waals surface area contributed by atoms with E-state index in [9.17, 15) is 35.9 Å². The standard InChI is InChI=1S/C24H23F6N5O2/c1-33-18(9-19(32-33)24(28,29)30)17-12-35(21(37)31-20(17)36)8-2-7-34-11-16-10-22(16,13-34)14-3-5-15(6-4-14)23(25,26)27/h3-6,9,12,16H,2,7-8,10-11,13H2,1H3,(H,31,36,37)/t16?,22-/m1/s1. The van der Waals surface area contributed by atoms with Gasteiger partial charge < -0.3 is 4.90 Å². The van der Waals surface area contributed by atoms with Crippen LogP contribution in [0, 0.1) is 5.92 Å². The summed E-state index contributed by atoms with van der Waals surface area (Å²) in [5.41, 5.74) is -2.73. The van der Waals surface area contributed by atoms with Crippen LogP contribution in [0.1, 0.15) is 29.7 Å². The smallest absolute Gasteiger partial charge is 0.302 e. The summed E-state index contributed by atoms with van der Waals surface area (Å²) >= 11 is 0. The number of aryl methyl sites for hydroxylation is 2. The van der Waals surface area contributed by atoms with Crippen molar-refractivity contribution in [3.05, 3.63) is 74.2 Å². The van der Waals surface area contributed by atoms with Crippen LogP contribution in [-0.4, -0.2) is 43.9 Å². The average Bonchev–Trinajstić information content (AvgIpc) is 3.15. The third kappa shape index (κ3) is 4.72. The van der Waals surface area contributed by atoms with E-state index in [-0.39, 0.29) is 23.2 Å². The first kappa shape index (κ1) is 25.3. The molecule has 7 nitrogen and oxygen atoms in total. The molecule has 1 aliphatic carbocycles. The van der Waals surface area contributed by atoms with Gasteiger partial charge in [-0.2, -0.15) is 31.4 Å². The average molecular weight is 527 g/mol. The Hall–Kier alpha value is -3.35. The molecule has 1 unspecified atom stereocenters. The molecule has 1 N–H and O–H groups in total. The molecule has 5 rings (SSSR count). The van der Waals surface area contributed by atoms with Crippen molar-refractivity contribution in [1.29, 1.82) is 0 Å². The zero-order valence-electron chi connectivity index (χ0n) is 19.7. The summed E-state index contributed by atoms with van der Waals surface area (Å²) in [7, 11) is 1.28. The van der Waals surface area contributed by atoms with Gasteiger partial charge in [-0.1, -0.05) is 12.1 Å². The van der Waals surface area contributed by atoms with Gasteiger partial charge in [0, 0.05) is 38.3 Å². The molecule has 0 amide bonds.